The molecule has 2 unspecified atom stereocenters. The highest BCUT2D eigenvalue weighted by molar-refractivity contribution is 5.88. The lowest BCUT2D eigenvalue weighted by Crippen LogP contribution is -2.53. The predicted molar refractivity (Wildman–Crippen MR) is 109 cm³/mol. The Kier molecular flexibility index (Phi) is 4.54. The summed E-state index contributed by atoms with van der Waals surface area (Å²) in [6, 6.07) is 12.2. The van der Waals surface area contributed by atoms with Crippen molar-refractivity contribution in [2.75, 3.05) is 18.0 Å². The van der Waals surface area contributed by atoms with Crippen molar-refractivity contribution in [2.45, 2.75) is 44.9 Å². The molecule has 3 aromatic rings. The van der Waals surface area contributed by atoms with Gasteiger partial charge in [-0.2, -0.15) is 0 Å². The van der Waals surface area contributed by atoms with E-state index < -0.39 is 0 Å². The number of anilines is 1. The number of piperidine rings is 1. The Labute approximate surface area is 169 Å². The van der Waals surface area contributed by atoms with Crippen LogP contribution in [0.4, 0.5) is 5.82 Å². The standard InChI is InChI=1S/C21H25N6O2/c1-15-12-17-20(24-15)22-14-23-21(17)25-11-9-19-18(25)8-5-10-26(19)27(28)29-13-16-6-3-2-4-7-16/h2-4,6-7,12,14,18-19H,5,8-11,13H2,1H3,(H,22,23,24)/q+1. The summed E-state index contributed by atoms with van der Waals surface area (Å²) in [4.78, 5) is 32.9. The van der Waals surface area contributed by atoms with Gasteiger partial charge in [0.15, 0.2) is 6.61 Å². The number of nitrogens with one attached hydrogen (secondary N) is 1. The Morgan fingerprint density at radius 1 is 1.17 bits per heavy atom. The molecule has 0 amide bonds. The van der Waals surface area contributed by atoms with Crippen LogP contribution in [0.15, 0.2) is 42.7 Å². The van der Waals surface area contributed by atoms with E-state index in [4.69, 9.17) is 4.84 Å². The summed E-state index contributed by atoms with van der Waals surface area (Å²) in [7, 11) is 0. The number of hydrogen-bond acceptors (Lipinski definition) is 5. The van der Waals surface area contributed by atoms with Gasteiger partial charge < -0.3 is 9.88 Å². The van der Waals surface area contributed by atoms with Crippen LogP contribution in [0.3, 0.4) is 0 Å². The van der Waals surface area contributed by atoms with E-state index >= 15 is 0 Å². The normalized spacial score (nSPS) is 21.4. The van der Waals surface area contributed by atoms with Crippen molar-refractivity contribution in [3.63, 3.8) is 0 Å². The minimum Gasteiger partial charge on any atom is -0.351 e. The molecule has 0 radical (unpaired) electrons. The van der Waals surface area contributed by atoms with E-state index in [1.165, 1.54) is 0 Å². The number of hydrogen-bond donors (Lipinski definition) is 1. The molecule has 1 aromatic carbocycles. The Morgan fingerprint density at radius 2 is 2.03 bits per heavy atom. The molecule has 0 spiro atoms. The third-order valence-electron chi connectivity index (χ3n) is 5.99. The van der Waals surface area contributed by atoms with Gasteiger partial charge in [0, 0.05) is 12.2 Å². The van der Waals surface area contributed by atoms with Gasteiger partial charge >= 0.3 is 5.03 Å². The molecule has 2 saturated heterocycles. The second kappa shape index (κ2) is 7.35. The summed E-state index contributed by atoms with van der Waals surface area (Å²) in [5, 5.41) is 3.60. The molecule has 4 heterocycles. The average Bonchev–Trinajstić information content (AvgIpc) is 3.35. The van der Waals surface area contributed by atoms with Crippen molar-refractivity contribution in [1.29, 1.82) is 0 Å². The fourth-order valence-electron chi connectivity index (χ4n) is 4.69. The van der Waals surface area contributed by atoms with E-state index in [0.717, 1.165) is 60.5 Å². The predicted octanol–water partition coefficient (Wildman–Crippen LogP) is 3.14. The fraction of sp³-hybridized carbons (Fsp3) is 0.429. The van der Waals surface area contributed by atoms with Crippen LogP contribution in [0.1, 0.15) is 30.5 Å². The first-order chi connectivity index (χ1) is 14.2. The molecule has 0 bridgehead atoms. The lowest BCUT2D eigenvalue weighted by atomic mass is 9.98. The number of aryl methyl sites for hydroxylation is 1. The highest BCUT2D eigenvalue weighted by atomic mass is 16.8. The molecule has 8 nitrogen and oxygen atoms in total. The monoisotopic (exact) mass is 393 g/mol. The van der Waals surface area contributed by atoms with E-state index in [0.29, 0.717) is 5.03 Å². The van der Waals surface area contributed by atoms with E-state index in [2.05, 4.69) is 25.9 Å². The number of fused-ring (bicyclic) bond motifs is 2. The zero-order chi connectivity index (χ0) is 19.8. The van der Waals surface area contributed by atoms with Gasteiger partial charge in [0.25, 0.3) is 0 Å². The lowest BCUT2D eigenvalue weighted by Gasteiger charge is -2.34. The molecular formula is C21H25N6O2+. The number of rotatable bonds is 5. The molecular weight excluding hydrogens is 368 g/mol. The van der Waals surface area contributed by atoms with Crippen LogP contribution in [0.2, 0.25) is 0 Å². The summed E-state index contributed by atoms with van der Waals surface area (Å²) in [6.45, 7) is 3.89. The third kappa shape index (κ3) is 3.28. The molecule has 150 valence electrons. The largest absolute Gasteiger partial charge is 0.360 e. The Hall–Kier alpha value is -3.16. The molecule has 2 atom stereocenters. The van der Waals surface area contributed by atoms with Crippen molar-refractivity contribution in [2.24, 2.45) is 0 Å². The third-order valence-corrected chi connectivity index (χ3v) is 5.99. The fourth-order valence-corrected chi connectivity index (χ4v) is 4.69. The number of H-pyrrole nitrogens is 1. The SMILES string of the molecule is Cc1cc2c(N3CCC4C3CCCN4[N+](=O)OCc3ccccc3)ncnc2[nH]1. The lowest BCUT2D eigenvalue weighted by molar-refractivity contribution is -0.919. The zero-order valence-corrected chi connectivity index (χ0v) is 16.5. The first kappa shape index (κ1) is 17.9. The maximum atomic E-state index is 12.7. The summed E-state index contributed by atoms with van der Waals surface area (Å²) in [5.74, 6) is 0.955. The molecule has 5 rings (SSSR count). The number of aromatic amines is 1. The molecule has 1 N–H and O–H groups in total. The van der Waals surface area contributed by atoms with E-state index in [1.807, 2.05) is 42.3 Å². The first-order valence-corrected chi connectivity index (χ1v) is 10.2. The molecule has 2 aliphatic heterocycles. The molecule has 0 aliphatic carbocycles. The smallest absolute Gasteiger partial charge is 0.351 e. The van der Waals surface area contributed by atoms with Crippen molar-refractivity contribution in [3.05, 3.63) is 58.9 Å². The molecule has 2 aliphatic rings. The van der Waals surface area contributed by atoms with Crippen LogP contribution in [0, 0.1) is 11.8 Å². The maximum absolute atomic E-state index is 12.7. The van der Waals surface area contributed by atoms with Crippen molar-refractivity contribution < 1.29 is 9.87 Å². The number of aromatic nitrogens is 3. The average molecular weight is 393 g/mol. The van der Waals surface area contributed by atoms with Gasteiger partial charge in [-0.25, -0.2) is 14.8 Å². The quantitative estimate of drug-likeness (QED) is 0.671. The summed E-state index contributed by atoms with van der Waals surface area (Å²) in [5.41, 5.74) is 2.92. The van der Waals surface area contributed by atoms with E-state index in [9.17, 15) is 4.91 Å². The molecule has 0 saturated carbocycles. The number of hydrazine groups is 1. The maximum Gasteiger partial charge on any atom is 0.360 e. The molecule has 8 heteroatoms. The van der Waals surface area contributed by atoms with Gasteiger partial charge in [-0.3, -0.25) is 0 Å². The Morgan fingerprint density at radius 3 is 2.90 bits per heavy atom. The second-order valence-electron chi connectivity index (χ2n) is 7.83. The summed E-state index contributed by atoms with van der Waals surface area (Å²) >= 11 is 0. The summed E-state index contributed by atoms with van der Waals surface area (Å²) in [6.07, 6.45) is 4.52. The van der Waals surface area contributed by atoms with Crippen molar-refractivity contribution in [3.8, 4) is 0 Å². The van der Waals surface area contributed by atoms with Crippen molar-refractivity contribution >= 4 is 16.9 Å². The van der Waals surface area contributed by atoms with E-state index in [-0.39, 0.29) is 18.7 Å². The highest BCUT2D eigenvalue weighted by Crippen LogP contribution is 2.36. The van der Waals surface area contributed by atoms with Gasteiger partial charge in [0.05, 0.1) is 18.0 Å². The Bertz CT molecular complexity index is 1020. The van der Waals surface area contributed by atoms with Crippen LogP contribution in [-0.4, -0.2) is 50.2 Å². The zero-order valence-electron chi connectivity index (χ0n) is 16.5. The second-order valence-corrected chi connectivity index (χ2v) is 7.83. The van der Waals surface area contributed by atoms with Gasteiger partial charge in [0.1, 0.15) is 28.7 Å². The molecule has 2 aromatic heterocycles. The van der Waals surface area contributed by atoms with Gasteiger partial charge in [-0.1, -0.05) is 35.3 Å². The van der Waals surface area contributed by atoms with Crippen LogP contribution in [0.25, 0.3) is 11.0 Å². The van der Waals surface area contributed by atoms with Crippen LogP contribution < -0.4 is 4.90 Å². The van der Waals surface area contributed by atoms with Gasteiger partial charge in [0.2, 0.25) is 0 Å². The highest BCUT2D eigenvalue weighted by Gasteiger charge is 2.48. The minimum absolute atomic E-state index is 0.127. The van der Waals surface area contributed by atoms with Gasteiger partial charge in [-0.05, 0) is 37.8 Å². The van der Waals surface area contributed by atoms with E-state index in [1.54, 1.807) is 6.33 Å². The number of benzene rings is 1. The van der Waals surface area contributed by atoms with Gasteiger partial charge in [-0.15, -0.1) is 0 Å². The summed E-state index contributed by atoms with van der Waals surface area (Å²) < 4.78 is 0. The Balaban J connectivity index is 1.34. The minimum atomic E-state index is 0.127. The first-order valence-electron chi connectivity index (χ1n) is 10.2. The topological polar surface area (TPSA) is 77.4 Å². The molecule has 29 heavy (non-hydrogen) atoms. The van der Waals surface area contributed by atoms with Crippen molar-refractivity contribution in [1.82, 2.24) is 20.0 Å². The van der Waals surface area contributed by atoms with Crippen LogP contribution >= 0.6 is 0 Å². The van der Waals surface area contributed by atoms with Crippen LogP contribution in [0.5, 0.6) is 0 Å². The molecule has 2 fully saturated rings. The van der Waals surface area contributed by atoms with Crippen LogP contribution in [-0.2, 0) is 11.4 Å². The number of nitrogens with zero attached hydrogens (tertiary/aromatic N) is 5.